The van der Waals surface area contributed by atoms with Crippen LogP contribution in [-0.2, 0) is 13.7 Å². The average molecular weight is 435 g/mol. The zero-order chi connectivity index (χ0) is 19.3. The summed E-state index contributed by atoms with van der Waals surface area (Å²) in [6.45, 7) is 0.496. The smallest absolute Gasteiger partial charge is 0.224 e. The Morgan fingerprint density at radius 3 is 2.61 bits per heavy atom. The second-order valence-corrected chi connectivity index (χ2v) is 7.22. The molecular weight excluding hydrogens is 416 g/mol. The lowest BCUT2D eigenvalue weighted by atomic mass is 10.2. The predicted octanol–water partition coefficient (Wildman–Crippen LogP) is 5.36. The van der Waals surface area contributed by atoms with Gasteiger partial charge in [-0.25, -0.2) is 10.4 Å². The number of rotatable bonds is 6. The topological polar surface area (TPSA) is 51.4 Å². The maximum absolute atomic E-state index is 5.98. The van der Waals surface area contributed by atoms with Crippen LogP contribution in [0.25, 0.3) is 11.0 Å². The van der Waals surface area contributed by atoms with Crippen LogP contribution in [0.3, 0.4) is 0 Å². The zero-order valence-corrected chi connectivity index (χ0v) is 16.9. The SMILES string of the molecule is Cn1c(N/N=C\c2ccccc2OCc2ccc(Br)cc2)nc2ccccc21. The first kappa shape index (κ1) is 18.3. The van der Waals surface area contributed by atoms with E-state index in [4.69, 9.17) is 4.74 Å². The summed E-state index contributed by atoms with van der Waals surface area (Å²) in [5.74, 6) is 1.46. The van der Waals surface area contributed by atoms with Crippen molar-refractivity contribution in [1.82, 2.24) is 9.55 Å². The maximum Gasteiger partial charge on any atom is 0.224 e. The van der Waals surface area contributed by atoms with E-state index in [2.05, 4.69) is 31.4 Å². The summed E-state index contributed by atoms with van der Waals surface area (Å²) in [4.78, 5) is 4.55. The minimum Gasteiger partial charge on any atom is -0.488 e. The molecular formula is C22H19BrN4O. The molecule has 0 bridgehead atoms. The molecule has 3 aromatic carbocycles. The first-order valence-corrected chi connectivity index (χ1v) is 9.67. The highest BCUT2D eigenvalue weighted by atomic mass is 79.9. The highest BCUT2D eigenvalue weighted by Crippen LogP contribution is 2.20. The number of hydrogen-bond acceptors (Lipinski definition) is 4. The molecule has 0 saturated carbocycles. The summed E-state index contributed by atoms with van der Waals surface area (Å²) in [6, 6.07) is 23.9. The lowest BCUT2D eigenvalue weighted by molar-refractivity contribution is 0.306. The minimum absolute atomic E-state index is 0.496. The van der Waals surface area contributed by atoms with Crippen molar-refractivity contribution in [3.05, 3.63) is 88.4 Å². The summed E-state index contributed by atoms with van der Waals surface area (Å²) >= 11 is 3.44. The van der Waals surface area contributed by atoms with Gasteiger partial charge in [-0.1, -0.05) is 52.3 Å². The van der Waals surface area contributed by atoms with Gasteiger partial charge in [0, 0.05) is 17.1 Å². The van der Waals surface area contributed by atoms with Crippen LogP contribution in [0.2, 0.25) is 0 Å². The Kier molecular flexibility index (Phi) is 5.39. The van der Waals surface area contributed by atoms with E-state index in [1.54, 1.807) is 6.21 Å². The Bertz CT molecular complexity index is 1120. The van der Waals surface area contributed by atoms with Gasteiger partial charge in [0.15, 0.2) is 0 Å². The van der Waals surface area contributed by atoms with E-state index in [9.17, 15) is 0 Å². The van der Waals surface area contributed by atoms with Gasteiger partial charge < -0.3 is 9.30 Å². The summed E-state index contributed by atoms with van der Waals surface area (Å²) in [5.41, 5.74) is 7.00. The summed E-state index contributed by atoms with van der Waals surface area (Å²) in [6.07, 6.45) is 1.75. The van der Waals surface area contributed by atoms with Gasteiger partial charge in [0.1, 0.15) is 12.4 Å². The van der Waals surface area contributed by atoms with Crippen molar-refractivity contribution < 1.29 is 4.74 Å². The molecule has 0 aliphatic carbocycles. The Morgan fingerprint density at radius 2 is 1.79 bits per heavy atom. The number of nitrogens with zero attached hydrogens (tertiary/aromatic N) is 3. The first-order valence-electron chi connectivity index (χ1n) is 8.87. The van der Waals surface area contributed by atoms with Gasteiger partial charge in [0.25, 0.3) is 0 Å². The molecule has 1 heterocycles. The van der Waals surface area contributed by atoms with Crippen molar-refractivity contribution in [1.29, 1.82) is 0 Å². The summed E-state index contributed by atoms with van der Waals surface area (Å²) in [7, 11) is 1.96. The van der Waals surface area contributed by atoms with Crippen molar-refractivity contribution in [2.45, 2.75) is 6.61 Å². The number of aryl methyl sites for hydroxylation is 1. The molecule has 28 heavy (non-hydrogen) atoms. The number of ether oxygens (including phenoxy) is 1. The van der Waals surface area contributed by atoms with Crippen LogP contribution in [0.5, 0.6) is 5.75 Å². The van der Waals surface area contributed by atoms with E-state index in [0.29, 0.717) is 12.6 Å². The van der Waals surface area contributed by atoms with Gasteiger partial charge in [-0.15, -0.1) is 0 Å². The fourth-order valence-electron chi connectivity index (χ4n) is 2.87. The van der Waals surface area contributed by atoms with Crippen LogP contribution < -0.4 is 10.2 Å². The first-order chi connectivity index (χ1) is 13.7. The predicted molar refractivity (Wildman–Crippen MR) is 117 cm³/mol. The molecule has 0 radical (unpaired) electrons. The van der Waals surface area contributed by atoms with Gasteiger partial charge in [-0.05, 0) is 42.0 Å². The molecule has 0 unspecified atom stereocenters. The largest absolute Gasteiger partial charge is 0.488 e. The van der Waals surface area contributed by atoms with Crippen LogP contribution >= 0.6 is 15.9 Å². The number of nitrogens with one attached hydrogen (secondary N) is 1. The highest BCUT2D eigenvalue weighted by molar-refractivity contribution is 9.10. The van der Waals surface area contributed by atoms with Crippen molar-refractivity contribution in [2.24, 2.45) is 12.1 Å². The van der Waals surface area contributed by atoms with Gasteiger partial charge in [-0.2, -0.15) is 5.10 Å². The van der Waals surface area contributed by atoms with Gasteiger partial charge >= 0.3 is 0 Å². The number of benzene rings is 3. The molecule has 0 aliphatic rings. The van der Waals surface area contributed by atoms with Crippen LogP contribution in [0.15, 0.2) is 82.4 Å². The third-order valence-electron chi connectivity index (χ3n) is 4.38. The monoisotopic (exact) mass is 434 g/mol. The molecule has 0 fully saturated rings. The van der Waals surface area contributed by atoms with Crippen LogP contribution in [0.1, 0.15) is 11.1 Å². The molecule has 140 valence electrons. The van der Waals surface area contributed by atoms with Crippen molar-refractivity contribution in [2.75, 3.05) is 5.43 Å². The number of hydrogen-bond donors (Lipinski definition) is 1. The molecule has 0 amide bonds. The van der Waals surface area contributed by atoms with Gasteiger partial charge in [0.2, 0.25) is 5.95 Å². The molecule has 0 atom stereocenters. The quantitative estimate of drug-likeness (QED) is 0.328. The Morgan fingerprint density at radius 1 is 1.04 bits per heavy atom. The van der Waals surface area contributed by atoms with E-state index >= 15 is 0 Å². The normalized spacial score (nSPS) is 11.2. The minimum atomic E-state index is 0.496. The molecule has 4 rings (SSSR count). The van der Waals surface area contributed by atoms with Crippen molar-refractivity contribution >= 4 is 39.1 Å². The number of halogens is 1. The highest BCUT2D eigenvalue weighted by Gasteiger charge is 2.06. The van der Waals surface area contributed by atoms with Crippen molar-refractivity contribution in [3.8, 4) is 5.75 Å². The van der Waals surface area contributed by atoms with Crippen LogP contribution in [-0.4, -0.2) is 15.8 Å². The third-order valence-corrected chi connectivity index (χ3v) is 4.91. The second kappa shape index (κ2) is 8.27. The Hall–Kier alpha value is -3.12. The van der Waals surface area contributed by atoms with E-state index in [1.165, 1.54) is 0 Å². The molecule has 0 aliphatic heterocycles. The standard InChI is InChI=1S/C22H19BrN4O/c1-27-20-8-4-3-7-19(20)25-22(27)26-24-14-17-6-2-5-9-21(17)28-15-16-10-12-18(23)13-11-16/h2-14H,15H2,1H3,(H,25,26)/b24-14-. The zero-order valence-electron chi connectivity index (χ0n) is 15.3. The number of fused-ring (bicyclic) bond motifs is 1. The summed E-state index contributed by atoms with van der Waals surface area (Å²) < 4.78 is 9.01. The summed E-state index contributed by atoms with van der Waals surface area (Å²) in [5, 5.41) is 4.35. The van der Waals surface area contributed by atoms with Crippen molar-refractivity contribution in [3.63, 3.8) is 0 Å². The lowest BCUT2D eigenvalue weighted by Gasteiger charge is -2.09. The van der Waals surface area contributed by atoms with E-state index in [-0.39, 0.29) is 0 Å². The number of para-hydroxylation sites is 3. The number of hydrazone groups is 1. The molecule has 0 saturated heterocycles. The number of anilines is 1. The maximum atomic E-state index is 5.98. The Balaban J connectivity index is 1.47. The fraction of sp³-hybridized carbons (Fsp3) is 0.0909. The third kappa shape index (κ3) is 4.07. The molecule has 1 aromatic heterocycles. The molecule has 5 nitrogen and oxygen atoms in total. The van der Waals surface area contributed by atoms with Crippen LogP contribution in [0.4, 0.5) is 5.95 Å². The van der Waals surface area contributed by atoms with E-state index in [1.807, 2.05) is 84.4 Å². The Labute approximate surface area is 171 Å². The van der Waals surface area contributed by atoms with E-state index < -0.39 is 0 Å². The molecule has 0 spiro atoms. The van der Waals surface area contributed by atoms with E-state index in [0.717, 1.165) is 32.4 Å². The molecule has 1 N–H and O–H groups in total. The van der Waals surface area contributed by atoms with Gasteiger partial charge in [0.05, 0.1) is 17.2 Å². The number of aromatic nitrogens is 2. The average Bonchev–Trinajstić information content (AvgIpc) is 3.04. The fourth-order valence-corrected chi connectivity index (χ4v) is 3.13. The lowest BCUT2D eigenvalue weighted by Crippen LogP contribution is -2.01. The second-order valence-electron chi connectivity index (χ2n) is 6.31. The van der Waals surface area contributed by atoms with Crippen LogP contribution in [0, 0.1) is 0 Å². The van der Waals surface area contributed by atoms with Gasteiger partial charge in [-0.3, -0.25) is 0 Å². The molecule has 6 heteroatoms. The number of imidazole rings is 1. The molecule has 4 aromatic rings.